The molecule has 1 saturated heterocycles. The van der Waals surface area contributed by atoms with E-state index in [9.17, 15) is 9.59 Å². The fraction of sp³-hybridized carbons (Fsp3) is 0.636. The van der Waals surface area contributed by atoms with Crippen molar-refractivity contribution in [3.63, 3.8) is 0 Å². The summed E-state index contributed by atoms with van der Waals surface area (Å²) in [5.41, 5.74) is 0.329. The first kappa shape index (κ1) is 20.0. The molecule has 158 valence electrons. The number of urea groups is 1. The molecule has 3 aliphatic rings. The second-order valence-corrected chi connectivity index (χ2v) is 9.73. The molecule has 1 saturated carbocycles. The van der Waals surface area contributed by atoms with Gasteiger partial charge in [0, 0.05) is 6.54 Å². The minimum atomic E-state index is -0.754. The zero-order chi connectivity index (χ0) is 20.8. The molecule has 4 rings (SSSR count). The summed E-state index contributed by atoms with van der Waals surface area (Å²) in [6.07, 6.45) is 2.47. The van der Waals surface area contributed by atoms with Crippen molar-refractivity contribution in [2.45, 2.75) is 52.1 Å². The molecule has 1 aromatic carbocycles. The number of imide groups is 1. The van der Waals surface area contributed by atoms with Crippen molar-refractivity contribution in [1.29, 1.82) is 0 Å². The van der Waals surface area contributed by atoms with E-state index in [4.69, 9.17) is 9.47 Å². The Hall–Kier alpha value is -2.28. The minimum absolute atomic E-state index is 0.0354. The number of carbonyl (C=O) groups is 2. The first-order valence-electron chi connectivity index (χ1n) is 10.4. The van der Waals surface area contributed by atoms with Gasteiger partial charge in [0.25, 0.3) is 5.91 Å². The Bertz CT molecular complexity index is 824. The highest BCUT2D eigenvalue weighted by molar-refractivity contribution is 6.07. The second kappa shape index (κ2) is 7.20. The predicted molar refractivity (Wildman–Crippen MR) is 109 cm³/mol. The number of hydrogen-bond acceptors (Lipinski definition) is 5. The predicted octanol–water partition coefficient (Wildman–Crippen LogP) is 2.98. The summed E-state index contributed by atoms with van der Waals surface area (Å²) >= 11 is 0. The average Bonchev–Trinajstić information content (AvgIpc) is 2.83. The van der Waals surface area contributed by atoms with E-state index in [-0.39, 0.29) is 24.0 Å². The largest absolute Gasteiger partial charge is 0.486 e. The van der Waals surface area contributed by atoms with E-state index in [0.29, 0.717) is 38.5 Å². The van der Waals surface area contributed by atoms with Gasteiger partial charge >= 0.3 is 6.03 Å². The Labute approximate surface area is 172 Å². The maximum absolute atomic E-state index is 13.3. The maximum Gasteiger partial charge on any atom is 0.326 e. The quantitative estimate of drug-likeness (QED) is 0.786. The molecule has 1 aromatic rings. The number of ether oxygens (including phenoxy) is 2. The Kier molecular flexibility index (Phi) is 4.97. The summed E-state index contributed by atoms with van der Waals surface area (Å²) in [6.45, 7) is 8.50. The van der Waals surface area contributed by atoms with Crippen LogP contribution in [0.25, 0.3) is 0 Å². The van der Waals surface area contributed by atoms with E-state index in [0.717, 1.165) is 23.5 Å². The third-order valence-corrected chi connectivity index (χ3v) is 6.07. The summed E-state index contributed by atoms with van der Waals surface area (Å²) in [4.78, 5) is 29.3. The van der Waals surface area contributed by atoms with Crippen molar-refractivity contribution >= 4 is 11.9 Å². The molecule has 3 amide bonds. The van der Waals surface area contributed by atoms with E-state index in [1.807, 2.05) is 30.1 Å². The molecule has 7 heteroatoms. The van der Waals surface area contributed by atoms with Crippen molar-refractivity contribution in [2.75, 3.05) is 26.9 Å². The molecule has 1 aliphatic carbocycles. The monoisotopic (exact) mass is 401 g/mol. The Balaban J connectivity index is 1.44. The number of nitrogens with one attached hydrogen (secondary N) is 1. The van der Waals surface area contributed by atoms with Gasteiger partial charge in [0.1, 0.15) is 18.8 Å². The fourth-order valence-electron chi connectivity index (χ4n) is 5.42. The summed E-state index contributed by atoms with van der Waals surface area (Å²) in [5, 5.41) is 3.04. The summed E-state index contributed by atoms with van der Waals surface area (Å²) in [5.74, 6) is 1.82. The lowest BCUT2D eigenvalue weighted by atomic mass is 9.64. The van der Waals surface area contributed by atoms with Gasteiger partial charge in [-0.15, -0.1) is 0 Å². The van der Waals surface area contributed by atoms with Gasteiger partial charge < -0.3 is 14.8 Å². The van der Waals surface area contributed by atoms with Crippen LogP contribution in [-0.4, -0.2) is 54.2 Å². The van der Waals surface area contributed by atoms with Gasteiger partial charge in [0.05, 0.1) is 6.67 Å². The van der Waals surface area contributed by atoms with Crippen LogP contribution in [0, 0.1) is 11.3 Å². The standard InChI is InChI=1S/C22H31N3O4/c1-15-10-21(2,3)13-22(11-15)19(26)25(20(27)23-22)14-24(4)12-16-5-6-17-18(9-16)29-8-7-28-17/h5-6,9,15H,7-8,10-14H2,1-4H3,(H,23,27)/t15-,22+/m1/s1. The highest BCUT2D eigenvalue weighted by atomic mass is 16.6. The van der Waals surface area contributed by atoms with Crippen molar-refractivity contribution in [3.8, 4) is 11.5 Å². The van der Waals surface area contributed by atoms with Crippen LogP contribution in [0.2, 0.25) is 0 Å². The van der Waals surface area contributed by atoms with Crippen LogP contribution in [0.1, 0.15) is 45.6 Å². The van der Waals surface area contributed by atoms with Crippen LogP contribution in [0.3, 0.4) is 0 Å². The smallest absolute Gasteiger partial charge is 0.326 e. The van der Waals surface area contributed by atoms with Crippen LogP contribution in [0.5, 0.6) is 11.5 Å². The first-order valence-corrected chi connectivity index (χ1v) is 10.4. The summed E-state index contributed by atoms with van der Waals surface area (Å²) in [7, 11) is 1.91. The zero-order valence-electron chi connectivity index (χ0n) is 17.8. The van der Waals surface area contributed by atoms with E-state index in [1.165, 1.54) is 4.90 Å². The SMILES string of the molecule is C[C@@H]1CC(C)(C)C[C@]2(C1)NC(=O)N(CN(C)Cc1ccc3c(c1)OCCO3)C2=O. The highest BCUT2D eigenvalue weighted by Gasteiger charge is 2.56. The zero-order valence-corrected chi connectivity index (χ0v) is 17.8. The second-order valence-electron chi connectivity index (χ2n) is 9.73. The van der Waals surface area contributed by atoms with Crippen molar-refractivity contribution < 1.29 is 19.1 Å². The lowest BCUT2D eigenvalue weighted by Gasteiger charge is -2.43. The molecule has 2 fully saturated rings. The number of fused-ring (bicyclic) bond motifs is 1. The third-order valence-electron chi connectivity index (χ3n) is 6.07. The number of hydrogen-bond donors (Lipinski definition) is 1. The highest BCUT2D eigenvalue weighted by Crippen LogP contribution is 2.46. The molecule has 1 N–H and O–H groups in total. The number of amides is 3. The van der Waals surface area contributed by atoms with E-state index in [2.05, 4.69) is 26.1 Å². The molecule has 2 aliphatic heterocycles. The normalized spacial score (nSPS) is 28.2. The number of rotatable bonds is 4. The minimum Gasteiger partial charge on any atom is -0.486 e. The van der Waals surface area contributed by atoms with Crippen LogP contribution >= 0.6 is 0 Å². The topological polar surface area (TPSA) is 71.1 Å². The van der Waals surface area contributed by atoms with Gasteiger partial charge in [0.2, 0.25) is 0 Å². The maximum atomic E-state index is 13.3. The molecule has 7 nitrogen and oxygen atoms in total. The van der Waals surface area contributed by atoms with E-state index >= 15 is 0 Å². The first-order chi connectivity index (χ1) is 13.7. The lowest BCUT2D eigenvalue weighted by molar-refractivity contribution is -0.136. The molecule has 0 radical (unpaired) electrons. The lowest BCUT2D eigenvalue weighted by Crippen LogP contribution is -2.54. The number of benzene rings is 1. The molecule has 0 unspecified atom stereocenters. The van der Waals surface area contributed by atoms with Gasteiger partial charge in [-0.25, -0.2) is 9.69 Å². The molecule has 29 heavy (non-hydrogen) atoms. The van der Waals surface area contributed by atoms with Gasteiger partial charge in [-0.3, -0.25) is 9.69 Å². The molecule has 2 heterocycles. The van der Waals surface area contributed by atoms with Crippen LogP contribution in [0.4, 0.5) is 4.79 Å². The third kappa shape index (κ3) is 3.92. The van der Waals surface area contributed by atoms with Gasteiger partial charge in [-0.2, -0.15) is 0 Å². The van der Waals surface area contributed by atoms with Crippen LogP contribution in [0.15, 0.2) is 18.2 Å². The van der Waals surface area contributed by atoms with Gasteiger partial charge in [0.15, 0.2) is 11.5 Å². The van der Waals surface area contributed by atoms with Crippen LogP contribution in [-0.2, 0) is 11.3 Å². The molecule has 0 aromatic heterocycles. The number of carbonyl (C=O) groups excluding carboxylic acids is 2. The van der Waals surface area contributed by atoms with Crippen molar-refractivity contribution in [2.24, 2.45) is 11.3 Å². The molecule has 0 bridgehead atoms. The fourth-order valence-corrected chi connectivity index (χ4v) is 5.42. The van der Waals surface area contributed by atoms with Gasteiger partial charge in [-0.1, -0.05) is 26.8 Å². The van der Waals surface area contributed by atoms with Gasteiger partial charge in [-0.05, 0) is 55.3 Å². The summed E-state index contributed by atoms with van der Waals surface area (Å²) in [6, 6.07) is 5.58. The van der Waals surface area contributed by atoms with Crippen molar-refractivity contribution in [1.82, 2.24) is 15.1 Å². The van der Waals surface area contributed by atoms with E-state index in [1.54, 1.807) is 0 Å². The summed E-state index contributed by atoms with van der Waals surface area (Å²) < 4.78 is 11.2. The number of nitrogens with zero attached hydrogens (tertiary/aromatic N) is 2. The van der Waals surface area contributed by atoms with Crippen LogP contribution < -0.4 is 14.8 Å². The van der Waals surface area contributed by atoms with Crippen molar-refractivity contribution in [3.05, 3.63) is 23.8 Å². The Morgan fingerprint density at radius 3 is 2.62 bits per heavy atom. The Morgan fingerprint density at radius 2 is 1.90 bits per heavy atom. The Morgan fingerprint density at radius 1 is 1.17 bits per heavy atom. The molecular formula is C22H31N3O4. The molecule has 1 spiro atoms. The van der Waals surface area contributed by atoms with E-state index < -0.39 is 5.54 Å². The average molecular weight is 402 g/mol. The molecule has 2 atom stereocenters. The molecular weight excluding hydrogens is 370 g/mol.